The fourth-order valence-corrected chi connectivity index (χ4v) is 4.08. The lowest BCUT2D eigenvalue weighted by molar-refractivity contribution is -0.139. The second kappa shape index (κ2) is 7.51. The van der Waals surface area contributed by atoms with E-state index >= 15 is 0 Å². The van der Waals surface area contributed by atoms with Crippen LogP contribution in [0.5, 0.6) is 0 Å². The van der Waals surface area contributed by atoms with E-state index in [2.05, 4.69) is 12.1 Å². The summed E-state index contributed by atoms with van der Waals surface area (Å²) in [6.07, 6.45) is 6.49. The monoisotopic (exact) mass is 320 g/mol. The van der Waals surface area contributed by atoms with Gasteiger partial charge in [-0.05, 0) is 62.1 Å². The number of carbonyl (C=O) groups is 1. The van der Waals surface area contributed by atoms with Crippen LogP contribution in [0.25, 0.3) is 0 Å². The third-order valence-electron chi connectivity index (χ3n) is 4.61. The zero-order valence-corrected chi connectivity index (χ0v) is 13.7. The summed E-state index contributed by atoms with van der Waals surface area (Å²) in [5, 5.41) is 10.3. The molecular formula is C18H24O3S. The van der Waals surface area contributed by atoms with Crippen LogP contribution in [0.3, 0.4) is 0 Å². The summed E-state index contributed by atoms with van der Waals surface area (Å²) in [6, 6.07) is 8.19. The van der Waals surface area contributed by atoms with Crippen molar-refractivity contribution < 1.29 is 14.6 Å². The number of ether oxygens (including phenoxy) is 1. The molecule has 1 aromatic rings. The second-order valence-electron chi connectivity index (χ2n) is 6.41. The minimum Gasteiger partial charge on any atom is -0.481 e. The minimum atomic E-state index is -0.699. The number of thioether (sulfide) groups is 1. The molecule has 2 fully saturated rings. The molecule has 3 rings (SSSR count). The second-order valence-corrected chi connectivity index (χ2v) is 7.78. The fourth-order valence-electron chi connectivity index (χ4n) is 3.03. The Kier molecular flexibility index (Phi) is 5.42. The van der Waals surface area contributed by atoms with E-state index in [-0.39, 0.29) is 5.92 Å². The molecule has 120 valence electrons. The van der Waals surface area contributed by atoms with Crippen molar-refractivity contribution in [2.24, 2.45) is 5.92 Å². The average molecular weight is 320 g/mol. The van der Waals surface area contributed by atoms with E-state index < -0.39 is 5.97 Å². The zero-order valence-electron chi connectivity index (χ0n) is 12.9. The Balaban J connectivity index is 1.58. The molecule has 2 aliphatic rings. The molecule has 1 saturated carbocycles. The van der Waals surface area contributed by atoms with Gasteiger partial charge in [-0.15, -0.1) is 11.8 Å². The van der Waals surface area contributed by atoms with E-state index in [1.54, 1.807) is 0 Å². The lowest BCUT2D eigenvalue weighted by atomic mass is 9.87. The van der Waals surface area contributed by atoms with Crippen LogP contribution in [0.1, 0.15) is 50.0 Å². The number of carboxylic acid groups (broad SMARTS) is 1. The van der Waals surface area contributed by atoms with Gasteiger partial charge in [0, 0.05) is 23.4 Å². The lowest BCUT2D eigenvalue weighted by Crippen LogP contribution is -2.18. The molecule has 4 heteroatoms. The summed E-state index contributed by atoms with van der Waals surface area (Å²) in [5.41, 5.74) is 0.944. The van der Waals surface area contributed by atoms with Crippen LogP contribution in [0.4, 0.5) is 0 Å². The molecule has 1 N–H and O–H groups in total. The summed E-state index contributed by atoms with van der Waals surface area (Å²) in [7, 11) is 0. The Morgan fingerprint density at radius 1 is 1.18 bits per heavy atom. The number of rotatable bonds is 7. The molecule has 0 unspecified atom stereocenters. The van der Waals surface area contributed by atoms with Gasteiger partial charge < -0.3 is 9.84 Å². The number of hydrogen-bond donors (Lipinski definition) is 1. The maximum Gasteiger partial charge on any atom is 0.310 e. The van der Waals surface area contributed by atoms with Crippen LogP contribution < -0.4 is 0 Å². The van der Waals surface area contributed by atoms with Crippen molar-refractivity contribution in [2.75, 3.05) is 13.2 Å². The summed E-state index contributed by atoms with van der Waals surface area (Å²) in [6.45, 7) is 1.66. The quantitative estimate of drug-likeness (QED) is 0.813. The molecule has 0 spiro atoms. The van der Waals surface area contributed by atoms with Gasteiger partial charge in [0.2, 0.25) is 0 Å². The number of benzene rings is 1. The molecule has 1 atom stereocenters. The number of carboxylic acids is 1. The molecule has 0 aromatic heterocycles. The van der Waals surface area contributed by atoms with E-state index in [0.717, 1.165) is 49.7 Å². The van der Waals surface area contributed by atoms with Gasteiger partial charge in [0.05, 0.1) is 5.92 Å². The van der Waals surface area contributed by atoms with Gasteiger partial charge in [-0.3, -0.25) is 4.79 Å². The van der Waals surface area contributed by atoms with E-state index in [0.29, 0.717) is 5.92 Å². The first kappa shape index (κ1) is 15.9. The predicted octanol–water partition coefficient (Wildman–Crippen LogP) is 4.32. The Morgan fingerprint density at radius 3 is 2.45 bits per heavy atom. The van der Waals surface area contributed by atoms with E-state index in [9.17, 15) is 9.90 Å². The van der Waals surface area contributed by atoms with Gasteiger partial charge in [0.1, 0.15) is 0 Å². The van der Waals surface area contributed by atoms with E-state index in [4.69, 9.17) is 4.74 Å². The molecule has 1 saturated heterocycles. The Morgan fingerprint density at radius 2 is 1.86 bits per heavy atom. The summed E-state index contributed by atoms with van der Waals surface area (Å²) >= 11 is 1.91. The highest BCUT2D eigenvalue weighted by Gasteiger charge is 2.24. The summed E-state index contributed by atoms with van der Waals surface area (Å²) in [4.78, 5) is 12.9. The lowest BCUT2D eigenvalue weighted by Gasteiger charge is -2.23. The van der Waals surface area contributed by atoms with Crippen molar-refractivity contribution in [3.63, 3.8) is 0 Å². The molecule has 0 bridgehead atoms. The summed E-state index contributed by atoms with van der Waals surface area (Å²) in [5.74, 6) is -0.447. The standard InChI is InChI=1S/C18H24O3S/c19-18(20)17(8-1-13-9-11-21-12-10-13)14-2-4-15(5-3-14)22-16-6-7-16/h2-5,13,16-17H,1,6-12H2,(H,19,20)/t17-/m1/s1. The van der Waals surface area contributed by atoms with Crippen LogP contribution in [-0.4, -0.2) is 29.5 Å². The highest BCUT2D eigenvalue weighted by molar-refractivity contribution is 8.00. The van der Waals surface area contributed by atoms with Crippen molar-refractivity contribution in [2.45, 2.75) is 54.6 Å². The highest BCUT2D eigenvalue weighted by Crippen LogP contribution is 2.39. The molecular weight excluding hydrogens is 296 g/mol. The maximum atomic E-state index is 11.6. The van der Waals surface area contributed by atoms with Crippen LogP contribution in [-0.2, 0) is 9.53 Å². The van der Waals surface area contributed by atoms with E-state index in [1.165, 1.54) is 17.7 Å². The van der Waals surface area contributed by atoms with E-state index in [1.807, 2.05) is 23.9 Å². The number of aliphatic carboxylic acids is 1. The van der Waals surface area contributed by atoms with Crippen molar-refractivity contribution in [1.29, 1.82) is 0 Å². The topological polar surface area (TPSA) is 46.5 Å². The first-order valence-electron chi connectivity index (χ1n) is 8.29. The average Bonchev–Trinajstić information content (AvgIpc) is 3.34. The van der Waals surface area contributed by atoms with Gasteiger partial charge in [-0.2, -0.15) is 0 Å². The Bertz CT molecular complexity index is 490. The SMILES string of the molecule is O=C(O)[C@H](CCC1CCOCC1)c1ccc(SC2CC2)cc1. The van der Waals surface area contributed by atoms with Gasteiger partial charge in [0.15, 0.2) is 0 Å². The van der Waals surface area contributed by atoms with Crippen molar-refractivity contribution in [3.05, 3.63) is 29.8 Å². The largest absolute Gasteiger partial charge is 0.481 e. The van der Waals surface area contributed by atoms with Gasteiger partial charge in [0.25, 0.3) is 0 Å². The van der Waals surface area contributed by atoms with Crippen molar-refractivity contribution in [3.8, 4) is 0 Å². The van der Waals surface area contributed by atoms with Crippen molar-refractivity contribution in [1.82, 2.24) is 0 Å². The third kappa shape index (κ3) is 4.50. The van der Waals surface area contributed by atoms with Crippen molar-refractivity contribution >= 4 is 17.7 Å². The van der Waals surface area contributed by atoms with Crippen LogP contribution >= 0.6 is 11.8 Å². The van der Waals surface area contributed by atoms with Crippen LogP contribution in [0.2, 0.25) is 0 Å². The Labute approximate surface area is 136 Å². The van der Waals surface area contributed by atoms with Gasteiger partial charge >= 0.3 is 5.97 Å². The molecule has 1 heterocycles. The minimum absolute atomic E-state index is 0.372. The molecule has 22 heavy (non-hydrogen) atoms. The highest BCUT2D eigenvalue weighted by atomic mass is 32.2. The summed E-state index contributed by atoms with van der Waals surface area (Å²) < 4.78 is 5.37. The van der Waals surface area contributed by atoms with Crippen LogP contribution in [0.15, 0.2) is 29.2 Å². The first-order valence-corrected chi connectivity index (χ1v) is 9.17. The normalized spacial score (nSPS) is 20.7. The molecule has 3 nitrogen and oxygen atoms in total. The fraction of sp³-hybridized carbons (Fsp3) is 0.611. The van der Waals surface area contributed by atoms with Gasteiger partial charge in [-0.1, -0.05) is 12.1 Å². The third-order valence-corrected chi connectivity index (χ3v) is 5.96. The molecule has 1 aromatic carbocycles. The molecule has 0 amide bonds. The van der Waals surface area contributed by atoms with Crippen LogP contribution in [0, 0.1) is 5.92 Å². The molecule has 1 aliphatic carbocycles. The molecule has 1 aliphatic heterocycles. The zero-order chi connectivity index (χ0) is 15.4. The Hall–Kier alpha value is -1.00. The first-order chi connectivity index (χ1) is 10.7. The predicted molar refractivity (Wildman–Crippen MR) is 88.5 cm³/mol. The smallest absolute Gasteiger partial charge is 0.310 e. The molecule has 0 radical (unpaired) electrons. The number of hydrogen-bond acceptors (Lipinski definition) is 3. The maximum absolute atomic E-state index is 11.6. The van der Waals surface area contributed by atoms with Gasteiger partial charge in [-0.25, -0.2) is 0 Å².